The van der Waals surface area contributed by atoms with E-state index in [2.05, 4.69) is 30.8 Å². The molecule has 0 saturated heterocycles. The highest BCUT2D eigenvalue weighted by Gasteiger charge is 2.26. The predicted molar refractivity (Wildman–Crippen MR) is 108 cm³/mol. The van der Waals surface area contributed by atoms with E-state index in [0.717, 1.165) is 49.6 Å². The van der Waals surface area contributed by atoms with Crippen LogP contribution in [-0.2, 0) is 30.7 Å². The number of nitrogens with one attached hydrogen (secondary N) is 1. The van der Waals surface area contributed by atoms with E-state index in [-0.39, 0.29) is 6.47 Å². The highest BCUT2D eigenvalue weighted by molar-refractivity contribution is 5.48. The van der Waals surface area contributed by atoms with Gasteiger partial charge in [0.05, 0.1) is 6.33 Å². The lowest BCUT2D eigenvalue weighted by Gasteiger charge is -2.23. The Balaban J connectivity index is 0.000000687. The first-order valence-corrected chi connectivity index (χ1v) is 9.70. The fraction of sp³-hybridized carbons (Fsp3) is 0.300. The Morgan fingerprint density at radius 1 is 1.27 bits per heavy atom. The molecule has 30 heavy (non-hydrogen) atoms. The van der Waals surface area contributed by atoms with Gasteiger partial charge in [0.1, 0.15) is 11.5 Å². The Kier molecular flexibility index (Phi) is 5.93. The number of H-pyrrole nitrogens is 1. The van der Waals surface area contributed by atoms with Crippen molar-refractivity contribution >= 4 is 6.47 Å². The first-order valence-electron chi connectivity index (χ1n) is 9.70. The van der Waals surface area contributed by atoms with E-state index < -0.39 is 0 Å². The predicted octanol–water partition coefficient (Wildman–Crippen LogP) is 1.93. The Bertz CT molecular complexity index is 1070. The summed E-state index contributed by atoms with van der Waals surface area (Å²) >= 11 is 0. The number of carbonyl (C=O) groups is 1. The molecule has 10 nitrogen and oxygen atoms in total. The molecule has 1 atom stereocenters. The second-order valence-electron chi connectivity index (χ2n) is 6.90. The maximum Gasteiger partial charge on any atom is 0.290 e. The van der Waals surface area contributed by atoms with Crippen molar-refractivity contribution in [1.82, 2.24) is 39.5 Å². The summed E-state index contributed by atoms with van der Waals surface area (Å²) in [6.45, 7) is 1.42. The number of hydrogen-bond donors (Lipinski definition) is 2. The summed E-state index contributed by atoms with van der Waals surface area (Å²) in [5.41, 5.74) is 3.16. The molecule has 5 rings (SSSR count). The van der Waals surface area contributed by atoms with E-state index in [0.29, 0.717) is 11.7 Å². The molecule has 0 spiro atoms. The SMILES string of the molecule is O=CO.c1ccc(-c2nc(C3CCn4nccc4C3)n(CCc3cnc[nH]3)n2)nc1. The van der Waals surface area contributed by atoms with Gasteiger partial charge in [0.15, 0.2) is 5.82 Å². The molecule has 0 saturated carbocycles. The van der Waals surface area contributed by atoms with Crippen molar-refractivity contribution in [2.24, 2.45) is 0 Å². The second-order valence-corrected chi connectivity index (χ2v) is 6.90. The monoisotopic (exact) mass is 406 g/mol. The third-order valence-corrected chi connectivity index (χ3v) is 5.06. The molecular formula is C20H22N8O2. The van der Waals surface area contributed by atoms with E-state index in [4.69, 9.17) is 20.0 Å². The molecule has 0 amide bonds. The zero-order valence-electron chi connectivity index (χ0n) is 16.3. The first kappa shape index (κ1) is 19.5. The fourth-order valence-electron chi connectivity index (χ4n) is 3.66. The number of nitrogens with zero attached hydrogens (tertiary/aromatic N) is 7. The molecule has 0 bridgehead atoms. The lowest BCUT2D eigenvalue weighted by atomic mass is 9.95. The molecule has 10 heteroatoms. The van der Waals surface area contributed by atoms with Gasteiger partial charge >= 0.3 is 0 Å². The Morgan fingerprint density at radius 3 is 2.93 bits per heavy atom. The maximum atomic E-state index is 8.36. The minimum absolute atomic E-state index is 0.250. The van der Waals surface area contributed by atoms with Crippen LogP contribution < -0.4 is 0 Å². The molecule has 0 fully saturated rings. The van der Waals surface area contributed by atoms with Crippen LogP contribution >= 0.6 is 0 Å². The first-order chi connectivity index (χ1) is 14.8. The van der Waals surface area contributed by atoms with Gasteiger partial charge in [-0.3, -0.25) is 14.5 Å². The smallest absolute Gasteiger partial charge is 0.290 e. The van der Waals surface area contributed by atoms with Crippen molar-refractivity contribution < 1.29 is 9.90 Å². The fourth-order valence-corrected chi connectivity index (χ4v) is 3.66. The van der Waals surface area contributed by atoms with Crippen LogP contribution in [0.15, 0.2) is 49.2 Å². The van der Waals surface area contributed by atoms with Crippen LogP contribution in [0.4, 0.5) is 0 Å². The van der Waals surface area contributed by atoms with Crippen molar-refractivity contribution in [3.63, 3.8) is 0 Å². The normalized spacial score (nSPS) is 15.1. The zero-order valence-corrected chi connectivity index (χ0v) is 16.3. The van der Waals surface area contributed by atoms with Crippen molar-refractivity contribution in [3.05, 3.63) is 66.4 Å². The van der Waals surface area contributed by atoms with Crippen molar-refractivity contribution in [3.8, 4) is 11.5 Å². The third kappa shape index (κ3) is 4.27. The minimum atomic E-state index is -0.250. The highest BCUT2D eigenvalue weighted by Crippen LogP contribution is 2.29. The zero-order chi connectivity index (χ0) is 20.8. The molecular weight excluding hydrogens is 384 g/mol. The summed E-state index contributed by atoms with van der Waals surface area (Å²) in [7, 11) is 0. The molecule has 0 aliphatic carbocycles. The van der Waals surface area contributed by atoms with Gasteiger partial charge in [0.2, 0.25) is 0 Å². The summed E-state index contributed by atoms with van der Waals surface area (Å²) in [6.07, 6.45) is 10.0. The number of pyridine rings is 1. The number of aryl methyl sites for hydroxylation is 3. The molecule has 1 aliphatic heterocycles. The van der Waals surface area contributed by atoms with Crippen LogP contribution in [0.1, 0.15) is 29.6 Å². The molecule has 5 heterocycles. The number of hydrogen-bond acceptors (Lipinski definition) is 6. The molecule has 4 aromatic rings. The van der Waals surface area contributed by atoms with E-state index in [1.165, 1.54) is 5.69 Å². The van der Waals surface area contributed by atoms with E-state index in [1.54, 1.807) is 12.5 Å². The summed E-state index contributed by atoms with van der Waals surface area (Å²) in [4.78, 5) is 24.9. The number of carboxylic acid groups (broad SMARTS) is 1. The molecule has 1 aliphatic rings. The lowest BCUT2D eigenvalue weighted by molar-refractivity contribution is -0.122. The summed E-state index contributed by atoms with van der Waals surface area (Å²) in [5.74, 6) is 2.05. The van der Waals surface area contributed by atoms with Crippen LogP contribution in [0.2, 0.25) is 0 Å². The number of fused-ring (bicyclic) bond motifs is 1. The van der Waals surface area contributed by atoms with Crippen LogP contribution in [0.5, 0.6) is 0 Å². The largest absolute Gasteiger partial charge is 0.483 e. The third-order valence-electron chi connectivity index (χ3n) is 5.06. The topological polar surface area (TPSA) is 127 Å². The summed E-state index contributed by atoms with van der Waals surface area (Å²) in [6, 6.07) is 7.92. The molecule has 0 aromatic carbocycles. The summed E-state index contributed by atoms with van der Waals surface area (Å²) in [5, 5.41) is 16.1. The Hall–Kier alpha value is -3.82. The molecule has 1 unspecified atom stereocenters. The molecule has 2 N–H and O–H groups in total. The average Bonchev–Trinajstić information content (AvgIpc) is 3.53. The highest BCUT2D eigenvalue weighted by atomic mass is 16.3. The van der Waals surface area contributed by atoms with Gasteiger partial charge in [-0.15, -0.1) is 5.10 Å². The number of aromatic nitrogens is 8. The van der Waals surface area contributed by atoms with Crippen LogP contribution in [-0.4, -0.2) is 51.1 Å². The average molecular weight is 406 g/mol. The van der Waals surface area contributed by atoms with Gasteiger partial charge in [-0.2, -0.15) is 5.10 Å². The van der Waals surface area contributed by atoms with Gasteiger partial charge in [0.25, 0.3) is 6.47 Å². The minimum Gasteiger partial charge on any atom is -0.483 e. The Morgan fingerprint density at radius 2 is 2.17 bits per heavy atom. The number of imidazole rings is 1. The van der Waals surface area contributed by atoms with Crippen LogP contribution in [0.3, 0.4) is 0 Å². The molecule has 4 aromatic heterocycles. The lowest BCUT2D eigenvalue weighted by Crippen LogP contribution is -2.22. The van der Waals surface area contributed by atoms with E-state index in [9.17, 15) is 0 Å². The van der Waals surface area contributed by atoms with Gasteiger partial charge < -0.3 is 10.1 Å². The maximum absolute atomic E-state index is 8.36. The van der Waals surface area contributed by atoms with Gasteiger partial charge in [-0.05, 0) is 31.0 Å². The van der Waals surface area contributed by atoms with Crippen molar-refractivity contribution in [2.45, 2.75) is 38.3 Å². The quantitative estimate of drug-likeness (QED) is 0.485. The Labute approximate surface area is 172 Å². The molecule has 154 valence electrons. The van der Waals surface area contributed by atoms with Crippen LogP contribution in [0.25, 0.3) is 11.5 Å². The second kappa shape index (κ2) is 9.12. The number of rotatable bonds is 5. The van der Waals surface area contributed by atoms with E-state index >= 15 is 0 Å². The standard InChI is InChI=1S/C19H20N8.CH2O2/c1-2-7-21-17(3-1)18-24-19(14-5-9-26-16(11-14)4-8-23-26)27(25-18)10-6-15-12-20-13-22-15;2-1-3/h1-4,7-8,12-14H,5-6,9-11H2,(H,20,22);1H,(H,2,3). The van der Waals surface area contributed by atoms with Gasteiger partial charge in [0, 0.05) is 55.4 Å². The van der Waals surface area contributed by atoms with Crippen molar-refractivity contribution in [2.75, 3.05) is 0 Å². The van der Waals surface area contributed by atoms with Crippen LogP contribution in [0, 0.1) is 0 Å². The van der Waals surface area contributed by atoms with E-state index in [1.807, 2.05) is 35.3 Å². The summed E-state index contributed by atoms with van der Waals surface area (Å²) < 4.78 is 4.13. The van der Waals surface area contributed by atoms with Crippen molar-refractivity contribution in [1.29, 1.82) is 0 Å². The molecule has 0 radical (unpaired) electrons. The number of aromatic amines is 1. The van der Waals surface area contributed by atoms with Gasteiger partial charge in [-0.1, -0.05) is 6.07 Å². The van der Waals surface area contributed by atoms with Gasteiger partial charge in [-0.25, -0.2) is 14.6 Å².